The Morgan fingerprint density at radius 3 is 2.55 bits per heavy atom. The van der Waals surface area contributed by atoms with Crippen LogP contribution in [0.25, 0.3) is 5.57 Å². The largest absolute Gasteiger partial charge is 0.396 e. The van der Waals surface area contributed by atoms with Gasteiger partial charge in [0, 0.05) is 43.1 Å². The van der Waals surface area contributed by atoms with Gasteiger partial charge in [0.05, 0.1) is 5.69 Å². The number of nitrogen functional groups attached to an aromatic ring is 1. The molecular weight excluding hydrogens is 286 g/mol. The van der Waals surface area contributed by atoms with Crippen molar-refractivity contribution in [3.63, 3.8) is 0 Å². The Morgan fingerprint density at radius 1 is 1.09 bits per heavy atom. The second kappa shape index (κ2) is 5.42. The third kappa shape index (κ3) is 2.23. The Morgan fingerprint density at radius 2 is 1.82 bits per heavy atom. The molecule has 114 valence electrons. The van der Waals surface area contributed by atoms with E-state index in [1.807, 2.05) is 36.2 Å². The first-order valence-corrected chi connectivity index (χ1v) is 6.83. The van der Waals surface area contributed by atoms with E-state index in [-0.39, 0.29) is 17.5 Å². The summed E-state index contributed by atoms with van der Waals surface area (Å²) in [7, 11) is 3.46. The van der Waals surface area contributed by atoms with Crippen molar-refractivity contribution >= 4 is 11.3 Å². The van der Waals surface area contributed by atoms with Crippen molar-refractivity contribution in [1.82, 2.24) is 4.90 Å². The van der Waals surface area contributed by atoms with Gasteiger partial charge in [0.25, 0.3) is 0 Å². The zero-order chi connectivity index (χ0) is 15.9. The summed E-state index contributed by atoms with van der Waals surface area (Å²) in [5.74, 6) is -1.40. The second-order valence-electron chi connectivity index (χ2n) is 5.24. The lowest BCUT2D eigenvalue weighted by Gasteiger charge is -2.33. The van der Waals surface area contributed by atoms with E-state index in [9.17, 15) is 8.78 Å². The van der Waals surface area contributed by atoms with Crippen LogP contribution in [0.3, 0.4) is 0 Å². The monoisotopic (exact) mass is 302 g/mol. The molecule has 0 aliphatic carbocycles. The number of methoxy groups -OCH3 is 1. The summed E-state index contributed by atoms with van der Waals surface area (Å²) in [6.45, 7) is 0. The number of hydrogen-bond acceptors (Lipinski definition) is 3. The number of benzene rings is 2. The number of fused-ring (bicyclic) bond motifs is 1. The summed E-state index contributed by atoms with van der Waals surface area (Å²) in [6.07, 6.45) is 1.53. The van der Waals surface area contributed by atoms with Gasteiger partial charge in [-0.25, -0.2) is 8.78 Å². The minimum Gasteiger partial charge on any atom is -0.396 e. The molecule has 1 aliphatic heterocycles. The van der Waals surface area contributed by atoms with Gasteiger partial charge >= 0.3 is 0 Å². The zero-order valence-electron chi connectivity index (χ0n) is 12.3. The van der Waals surface area contributed by atoms with Crippen LogP contribution in [0.4, 0.5) is 14.5 Å². The lowest BCUT2D eigenvalue weighted by Crippen LogP contribution is -2.26. The Balaban J connectivity index is 2.21. The molecule has 0 spiro atoms. The summed E-state index contributed by atoms with van der Waals surface area (Å²) < 4.78 is 33.1. The highest BCUT2D eigenvalue weighted by Gasteiger charge is 2.26. The highest BCUT2D eigenvalue weighted by Crippen LogP contribution is 2.38. The average Bonchev–Trinajstić information content (AvgIpc) is 2.50. The number of hydrogen-bond donors (Lipinski definition) is 1. The molecule has 2 aromatic rings. The first-order chi connectivity index (χ1) is 10.5. The molecule has 5 heteroatoms. The molecule has 3 nitrogen and oxygen atoms in total. The Hall–Kier alpha value is -2.40. The van der Waals surface area contributed by atoms with E-state index in [0.717, 1.165) is 17.2 Å². The lowest BCUT2D eigenvalue weighted by molar-refractivity contribution is 0.00459. The van der Waals surface area contributed by atoms with Gasteiger partial charge in [-0.2, -0.15) is 0 Å². The maximum absolute atomic E-state index is 14.2. The molecule has 0 fully saturated rings. The minimum atomic E-state index is -0.755. The highest BCUT2D eigenvalue weighted by atomic mass is 19.1. The topological polar surface area (TPSA) is 38.5 Å². The van der Waals surface area contributed by atoms with E-state index in [4.69, 9.17) is 10.5 Å². The van der Waals surface area contributed by atoms with E-state index < -0.39 is 11.6 Å². The third-order valence-electron chi connectivity index (χ3n) is 3.82. The van der Waals surface area contributed by atoms with Crippen molar-refractivity contribution in [3.05, 3.63) is 70.9 Å². The van der Waals surface area contributed by atoms with Crippen molar-refractivity contribution < 1.29 is 13.5 Å². The third-order valence-corrected chi connectivity index (χ3v) is 3.82. The van der Waals surface area contributed by atoms with Crippen LogP contribution in [-0.2, 0) is 4.74 Å². The predicted octanol–water partition coefficient (Wildman–Crippen LogP) is 3.53. The molecule has 3 rings (SSSR count). The van der Waals surface area contributed by atoms with E-state index in [2.05, 4.69) is 0 Å². The van der Waals surface area contributed by atoms with Gasteiger partial charge in [0.1, 0.15) is 11.6 Å². The van der Waals surface area contributed by atoms with Crippen molar-refractivity contribution in [2.45, 2.75) is 6.23 Å². The van der Waals surface area contributed by atoms with Crippen LogP contribution in [0.2, 0.25) is 0 Å². The van der Waals surface area contributed by atoms with Crippen molar-refractivity contribution in [2.24, 2.45) is 0 Å². The van der Waals surface area contributed by atoms with Gasteiger partial charge < -0.3 is 15.4 Å². The zero-order valence-corrected chi connectivity index (χ0v) is 12.3. The first-order valence-electron chi connectivity index (χ1n) is 6.83. The average molecular weight is 302 g/mol. The van der Waals surface area contributed by atoms with Gasteiger partial charge in [0.15, 0.2) is 6.23 Å². The molecule has 0 saturated heterocycles. The molecule has 2 N–H and O–H groups in total. The van der Waals surface area contributed by atoms with Crippen molar-refractivity contribution in [2.75, 3.05) is 19.9 Å². The fourth-order valence-electron chi connectivity index (χ4n) is 2.80. The molecule has 1 aliphatic rings. The van der Waals surface area contributed by atoms with Gasteiger partial charge in [-0.15, -0.1) is 0 Å². The fourth-order valence-corrected chi connectivity index (χ4v) is 2.80. The summed E-state index contributed by atoms with van der Waals surface area (Å²) in [6, 6.07) is 9.73. The summed E-state index contributed by atoms with van der Waals surface area (Å²) in [4.78, 5) is 1.84. The maximum atomic E-state index is 14.2. The number of nitrogens with zero attached hydrogens (tertiary/aromatic N) is 1. The Labute approximate surface area is 127 Å². The van der Waals surface area contributed by atoms with Gasteiger partial charge in [0.2, 0.25) is 0 Å². The number of halogens is 2. The predicted molar refractivity (Wildman–Crippen MR) is 81.8 cm³/mol. The molecule has 1 heterocycles. The molecule has 22 heavy (non-hydrogen) atoms. The molecule has 1 unspecified atom stereocenters. The molecule has 0 bridgehead atoms. The minimum absolute atomic E-state index is 0.0775. The quantitative estimate of drug-likeness (QED) is 0.863. The van der Waals surface area contributed by atoms with E-state index in [1.54, 1.807) is 13.3 Å². The van der Waals surface area contributed by atoms with Crippen LogP contribution in [-0.4, -0.2) is 19.1 Å². The molecule has 0 radical (unpaired) electrons. The van der Waals surface area contributed by atoms with Crippen molar-refractivity contribution in [3.8, 4) is 0 Å². The molecule has 1 atom stereocenters. The highest BCUT2D eigenvalue weighted by molar-refractivity contribution is 5.83. The number of anilines is 1. The van der Waals surface area contributed by atoms with Crippen LogP contribution in [0.1, 0.15) is 22.9 Å². The Kier molecular flexibility index (Phi) is 3.58. The molecule has 0 amide bonds. The SMILES string of the molecule is COC1c2ccccc2C(c2cc(N)c(F)cc2F)=CN1C. The van der Waals surface area contributed by atoms with Crippen LogP contribution >= 0.6 is 0 Å². The van der Waals surface area contributed by atoms with Crippen molar-refractivity contribution in [1.29, 1.82) is 0 Å². The number of nitrogens with two attached hydrogens (primary N) is 1. The summed E-state index contributed by atoms with van der Waals surface area (Å²) >= 11 is 0. The van der Waals surface area contributed by atoms with Crippen LogP contribution in [0, 0.1) is 11.6 Å². The molecular formula is C17H16F2N2O. The molecule has 2 aromatic carbocycles. The fraction of sp³-hybridized carbons (Fsp3) is 0.176. The van der Waals surface area contributed by atoms with Crippen LogP contribution in [0.5, 0.6) is 0 Å². The first kappa shape index (κ1) is 14.5. The maximum Gasteiger partial charge on any atom is 0.155 e. The van der Waals surface area contributed by atoms with Gasteiger partial charge in [-0.1, -0.05) is 24.3 Å². The number of rotatable bonds is 2. The number of ether oxygens (including phenoxy) is 1. The van der Waals surface area contributed by atoms with Gasteiger partial charge in [-0.3, -0.25) is 0 Å². The summed E-state index contributed by atoms with van der Waals surface area (Å²) in [5, 5.41) is 0. The smallest absolute Gasteiger partial charge is 0.155 e. The Bertz CT molecular complexity index is 758. The van der Waals surface area contributed by atoms with Crippen LogP contribution < -0.4 is 5.73 Å². The van der Waals surface area contributed by atoms with E-state index in [1.165, 1.54) is 6.07 Å². The molecule has 0 saturated carbocycles. The van der Waals surface area contributed by atoms with Crippen LogP contribution in [0.15, 0.2) is 42.6 Å². The van der Waals surface area contributed by atoms with E-state index >= 15 is 0 Å². The van der Waals surface area contributed by atoms with E-state index in [0.29, 0.717) is 5.57 Å². The summed E-state index contributed by atoms with van der Waals surface area (Å²) in [5.41, 5.74) is 8.21. The molecule has 0 aromatic heterocycles. The lowest BCUT2D eigenvalue weighted by atomic mass is 9.90. The van der Waals surface area contributed by atoms with Gasteiger partial charge in [-0.05, 0) is 11.6 Å². The standard InChI is InChI=1S/C17H16F2N2O/c1-21-9-13(12-7-16(20)15(19)8-14(12)18)10-5-3-4-6-11(10)17(21)22-2/h3-9,17H,20H2,1-2H3. The second-order valence-corrected chi connectivity index (χ2v) is 5.24. The normalized spacial score (nSPS) is 17.2.